The van der Waals surface area contributed by atoms with Gasteiger partial charge >= 0.3 is 5.97 Å². The van der Waals surface area contributed by atoms with Crippen LogP contribution >= 0.6 is 0 Å². The SMILES string of the molecule is CCCCCOC1CCC(C2CCC(C(=O)O)CC2)CC1. The van der Waals surface area contributed by atoms with Gasteiger partial charge in [-0.25, -0.2) is 0 Å². The van der Waals surface area contributed by atoms with Crippen molar-refractivity contribution in [2.75, 3.05) is 6.61 Å². The number of carbonyl (C=O) groups is 1. The number of hydrogen-bond donors (Lipinski definition) is 1. The Kier molecular flexibility index (Phi) is 7.01. The van der Waals surface area contributed by atoms with Crippen LogP contribution in [-0.4, -0.2) is 23.8 Å². The highest BCUT2D eigenvalue weighted by atomic mass is 16.5. The summed E-state index contributed by atoms with van der Waals surface area (Å²) >= 11 is 0. The summed E-state index contributed by atoms with van der Waals surface area (Å²) < 4.78 is 5.99. The van der Waals surface area contributed by atoms with Crippen molar-refractivity contribution in [1.82, 2.24) is 0 Å². The van der Waals surface area contributed by atoms with Crippen LogP contribution in [0.4, 0.5) is 0 Å². The van der Waals surface area contributed by atoms with Crippen molar-refractivity contribution >= 4 is 5.97 Å². The molecular formula is C18H32O3. The number of hydrogen-bond acceptors (Lipinski definition) is 2. The predicted octanol–water partition coefficient (Wildman–Crippen LogP) is 4.64. The Labute approximate surface area is 129 Å². The first-order valence-corrected chi connectivity index (χ1v) is 9.05. The quantitative estimate of drug-likeness (QED) is 0.696. The minimum atomic E-state index is -0.586. The third-order valence-corrected chi connectivity index (χ3v) is 5.61. The van der Waals surface area contributed by atoms with E-state index in [1.165, 1.54) is 44.9 Å². The summed E-state index contributed by atoms with van der Waals surface area (Å²) in [6.45, 7) is 3.16. The summed E-state index contributed by atoms with van der Waals surface area (Å²) in [6, 6.07) is 0. The molecule has 0 aromatic rings. The van der Waals surface area contributed by atoms with Gasteiger partial charge < -0.3 is 9.84 Å². The smallest absolute Gasteiger partial charge is 0.306 e. The van der Waals surface area contributed by atoms with Crippen molar-refractivity contribution < 1.29 is 14.6 Å². The first-order chi connectivity index (χ1) is 10.2. The van der Waals surface area contributed by atoms with Gasteiger partial charge in [0, 0.05) is 6.61 Å². The lowest BCUT2D eigenvalue weighted by molar-refractivity contribution is -0.143. The molecule has 0 atom stereocenters. The molecule has 3 heteroatoms. The minimum absolute atomic E-state index is 0.0699. The Morgan fingerprint density at radius 2 is 1.52 bits per heavy atom. The molecule has 0 saturated heterocycles. The van der Waals surface area contributed by atoms with E-state index in [9.17, 15) is 4.79 Å². The Morgan fingerprint density at radius 3 is 2.05 bits per heavy atom. The summed E-state index contributed by atoms with van der Waals surface area (Å²) in [5.41, 5.74) is 0. The fraction of sp³-hybridized carbons (Fsp3) is 0.944. The van der Waals surface area contributed by atoms with Gasteiger partial charge in [-0.15, -0.1) is 0 Å². The monoisotopic (exact) mass is 296 g/mol. The average Bonchev–Trinajstić information content (AvgIpc) is 2.52. The van der Waals surface area contributed by atoms with E-state index in [0.29, 0.717) is 6.10 Å². The maximum absolute atomic E-state index is 11.0. The summed E-state index contributed by atoms with van der Waals surface area (Å²) in [7, 11) is 0. The summed E-state index contributed by atoms with van der Waals surface area (Å²) in [4.78, 5) is 11.0. The van der Waals surface area contributed by atoms with Crippen molar-refractivity contribution in [3.8, 4) is 0 Å². The molecule has 0 radical (unpaired) electrons. The van der Waals surface area contributed by atoms with Gasteiger partial charge in [0.2, 0.25) is 0 Å². The van der Waals surface area contributed by atoms with E-state index in [0.717, 1.165) is 44.1 Å². The second-order valence-electron chi connectivity index (χ2n) is 7.06. The fourth-order valence-electron chi connectivity index (χ4n) is 4.17. The lowest BCUT2D eigenvalue weighted by atomic mass is 9.70. The van der Waals surface area contributed by atoms with Crippen molar-refractivity contribution in [1.29, 1.82) is 0 Å². The second kappa shape index (κ2) is 8.77. The molecule has 0 aliphatic heterocycles. The Bertz CT molecular complexity index is 300. The van der Waals surface area contributed by atoms with Crippen LogP contribution < -0.4 is 0 Å². The minimum Gasteiger partial charge on any atom is -0.481 e. The van der Waals surface area contributed by atoms with E-state index in [-0.39, 0.29) is 5.92 Å². The van der Waals surface area contributed by atoms with Gasteiger partial charge in [-0.3, -0.25) is 4.79 Å². The first kappa shape index (κ1) is 16.8. The van der Waals surface area contributed by atoms with Gasteiger partial charge in [-0.05, 0) is 69.6 Å². The van der Waals surface area contributed by atoms with Gasteiger partial charge in [0.05, 0.1) is 12.0 Å². The van der Waals surface area contributed by atoms with Crippen LogP contribution in [0.3, 0.4) is 0 Å². The molecule has 0 amide bonds. The molecule has 3 nitrogen and oxygen atoms in total. The molecule has 0 bridgehead atoms. The Morgan fingerprint density at radius 1 is 0.952 bits per heavy atom. The molecule has 21 heavy (non-hydrogen) atoms. The maximum atomic E-state index is 11.0. The summed E-state index contributed by atoms with van der Waals surface area (Å²) in [6.07, 6.45) is 13.3. The normalized spacial score (nSPS) is 33.8. The molecule has 2 aliphatic rings. The van der Waals surface area contributed by atoms with Crippen molar-refractivity contribution in [3.63, 3.8) is 0 Å². The molecule has 2 fully saturated rings. The van der Waals surface area contributed by atoms with Crippen LogP contribution in [0.25, 0.3) is 0 Å². The Balaban J connectivity index is 1.62. The van der Waals surface area contributed by atoms with Gasteiger partial charge in [0.25, 0.3) is 0 Å². The molecule has 2 aliphatic carbocycles. The van der Waals surface area contributed by atoms with Crippen LogP contribution in [0.15, 0.2) is 0 Å². The van der Waals surface area contributed by atoms with Crippen molar-refractivity contribution in [3.05, 3.63) is 0 Å². The zero-order valence-electron chi connectivity index (χ0n) is 13.6. The molecule has 0 spiro atoms. The van der Waals surface area contributed by atoms with E-state index in [4.69, 9.17) is 9.84 Å². The molecule has 0 aromatic heterocycles. The number of unbranched alkanes of at least 4 members (excludes halogenated alkanes) is 2. The average molecular weight is 296 g/mol. The number of carboxylic acid groups (broad SMARTS) is 1. The molecule has 0 heterocycles. The molecule has 2 saturated carbocycles. The van der Waals surface area contributed by atoms with Crippen LogP contribution in [0.1, 0.15) is 77.6 Å². The third-order valence-electron chi connectivity index (χ3n) is 5.61. The van der Waals surface area contributed by atoms with Crippen LogP contribution in [0.2, 0.25) is 0 Å². The highest BCUT2D eigenvalue weighted by Crippen LogP contribution is 2.40. The van der Waals surface area contributed by atoms with E-state index in [1.807, 2.05) is 0 Å². The molecule has 2 rings (SSSR count). The second-order valence-corrected chi connectivity index (χ2v) is 7.06. The standard InChI is InChI=1S/C18H32O3/c1-2-3-4-13-21-17-11-9-15(10-12-17)14-5-7-16(8-6-14)18(19)20/h14-17H,2-13H2,1H3,(H,19,20). The molecular weight excluding hydrogens is 264 g/mol. The van der Waals surface area contributed by atoms with E-state index in [1.54, 1.807) is 0 Å². The number of aliphatic carboxylic acids is 1. The van der Waals surface area contributed by atoms with E-state index >= 15 is 0 Å². The van der Waals surface area contributed by atoms with Gasteiger partial charge in [-0.1, -0.05) is 19.8 Å². The third kappa shape index (κ3) is 5.28. The molecule has 0 aromatic carbocycles. The summed E-state index contributed by atoms with van der Waals surface area (Å²) in [5.74, 6) is 0.953. The van der Waals surface area contributed by atoms with Crippen LogP contribution in [0.5, 0.6) is 0 Å². The van der Waals surface area contributed by atoms with Crippen molar-refractivity contribution in [2.24, 2.45) is 17.8 Å². The van der Waals surface area contributed by atoms with Crippen LogP contribution in [-0.2, 0) is 9.53 Å². The zero-order valence-corrected chi connectivity index (χ0v) is 13.6. The number of rotatable bonds is 7. The highest BCUT2D eigenvalue weighted by molar-refractivity contribution is 5.69. The van der Waals surface area contributed by atoms with Gasteiger partial charge in [0.1, 0.15) is 0 Å². The van der Waals surface area contributed by atoms with Gasteiger partial charge in [0.15, 0.2) is 0 Å². The van der Waals surface area contributed by atoms with E-state index < -0.39 is 5.97 Å². The predicted molar refractivity (Wildman–Crippen MR) is 84.3 cm³/mol. The van der Waals surface area contributed by atoms with Gasteiger partial charge in [-0.2, -0.15) is 0 Å². The van der Waals surface area contributed by atoms with Crippen LogP contribution in [0, 0.1) is 17.8 Å². The largest absolute Gasteiger partial charge is 0.481 e. The topological polar surface area (TPSA) is 46.5 Å². The number of carboxylic acids is 1. The number of ether oxygens (including phenoxy) is 1. The maximum Gasteiger partial charge on any atom is 0.306 e. The molecule has 122 valence electrons. The lowest BCUT2D eigenvalue weighted by Gasteiger charge is -2.37. The van der Waals surface area contributed by atoms with Crippen molar-refractivity contribution in [2.45, 2.75) is 83.7 Å². The highest BCUT2D eigenvalue weighted by Gasteiger charge is 2.32. The first-order valence-electron chi connectivity index (χ1n) is 9.05. The van der Waals surface area contributed by atoms with E-state index in [2.05, 4.69) is 6.92 Å². The zero-order chi connectivity index (χ0) is 15.1. The summed E-state index contributed by atoms with van der Waals surface area (Å²) in [5, 5.41) is 9.07. The lowest BCUT2D eigenvalue weighted by Crippen LogP contribution is -2.30. The molecule has 1 N–H and O–H groups in total. The Hall–Kier alpha value is -0.570. The fourth-order valence-corrected chi connectivity index (χ4v) is 4.17. The molecule has 0 unspecified atom stereocenters.